The first kappa shape index (κ1) is 34.2. The molecule has 3 heterocycles. The first-order chi connectivity index (χ1) is 25.4. The van der Waals surface area contributed by atoms with Crippen LogP contribution in [0.1, 0.15) is 20.9 Å². The van der Waals surface area contributed by atoms with Gasteiger partial charge in [-0.25, -0.2) is 9.78 Å². The number of thiazole rings is 1. The third-order valence-electron chi connectivity index (χ3n) is 8.07. The van der Waals surface area contributed by atoms with Crippen LogP contribution in [-0.4, -0.2) is 23.2 Å². The number of carbonyl (C=O) groups is 1. The van der Waals surface area contributed by atoms with Crippen molar-refractivity contribution >= 4 is 68.7 Å². The molecule has 0 aliphatic rings. The zero-order valence-electron chi connectivity index (χ0n) is 28.0. The van der Waals surface area contributed by atoms with Gasteiger partial charge in [-0.2, -0.15) is 5.26 Å². The maximum atomic E-state index is 11.7. The molecule has 0 radical (unpaired) electrons. The number of rotatable bonds is 8. The summed E-state index contributed by atoms with van der Waals surface area (Å²) in [7, 11) is 1.67. The van der Waals surface area contributed by atoms with E-state index in [2.05, 4.69) is 89.3 Å². The minimum Gasteiger partial charge on any atom is -0.497 e. The van der Waals surface area contributed by atoms with E-state index in [0.29, 0.717) is 5.69 Å². The van der Waals surface area contributed by atoms with Crippen molar-refractivity contribution in [1.82, 2.24) is 4.98 Å². The van der Waals surface area contributed by atoms with Gasteiger partial charge in [-0.3, -0.25) is 0 Å². The summed E-state index contributed by atoms with van der Waals surface area (Å²) in [4.78, 5) is 22.6. The first-order valence-corrected chi connectivity index (χ1v) is 18.6. The number of nitriles is 1. The van der Waals surface area contributed by atoms with Gasteiger partial charge in [0.1, 0.15) is 16.5 Å². The zero-order valence-corrected chi connectivity index (χ0v) is 30.5. The average molecular weight is 732 g/mol. The van der Waals surface area contributed by atoms with E-state index in [4.69, 9.17) is 4.74 Å². The van der Waals surface area contributed by atoms with Gasteiger partial charge in [0.25, 0.3) is 0 Å². The van der Waals surface area contributed by atoms with Crippen LogP contribution in [0.3, 0.4) is 0 Å². The van der Waals surface area contributed by atoms with Crippen LogP contribution in [0.2, 0.25) is 0 Å². The molecule has 6 nitrogen and oxygen atoms in total. The molecular formula is C43H29N3O3S3. The van der Waals surface area contributed by atoms with Crippen molar-refractivity contribution in [2.45, 2.75) is 6.92 Å². The topological polar surface area (TPSA) is 86.5 Å². The van der Waals surface area contributed by atoms with Gasteiger partial charge in [0.15, 0.2) is 5.57 Å². The molecule has 252 valence electrons. The van der Waals surface area contributed by atoms with Crippen LogP contribution in [0.15, 0.2) is 127 Å². The lowest BCUT2D eigenvalue weighted by Crippen LogP contribution is -2.11. The van der Waals surface area contributed by atoms with Crippen LogP contribution in [0.25, 0.3) is 32.7 Å². The number of methoxy groups -OCH3 is 1. The Morgan fingerprint density at radius 3 is 2.06 bits per heavy atom. The molecule has 0 aliphatic carbocycles. The van der Waals surface area contributed by atoms with Gasteiger partial charge in [0, 0.05) is 42.8 Å². The first-order valence-electron chi connectivity index (χ1n) is 16.1. The predicted octanol–water partition coefficient (Wildman–Crippen LogP) is 9.37. The number of ether oxygens (including phenoxy) is 1. The van der Waals surface area contributed by atoms with E-state index in [1.807, 2.05) is 72.8 Å². The van der Waals surface area contributed by atoms with E-state index in [9.17, 15) is 15.2 Å². The molecule has 9 heteroatoms. The minimum absolute atomic E-state index is 0.189. The van der Waals surface area contributed by atoms with Gasteiger partial charge in [-0.1, -0.05) is 59.9 Å². The number of hydrogen-bond acceptors (Lipinski definition) is 8. The number of anilines is 3. The fraction of sp³-hybridized carbons (Fsp3) is 0.0465. The maximum Gasteiger partial charge on any atom is 0.349 e. The summed E-state index contributed by atoms with van der Waals surface area (Å²) in [6.45, 7) is 2.08. The van der Waals surface area contributed by atoms with Crippen LogP contribution in [0.4, 0.5) is 17.1 Å². The molecule has 0 unspecified atom stereocenters. The SMILES string of the molecule is COc1ccc(N(c2ccc(C)cc2)c2ccc(C#Cc3ccc(-c4ccc(C=c5s/c(=C(/C#N)C(=O)O)nc5-c5ccccc5)s4)s3)cc2)cc1. The molecule has 0 atom stereocenters. The Bertz CT molecular complexity index is 2600. The number of thiophene rings is 2. The van der Waals surface area contributed by atoms with E-state index in [0.717, 1.165) is 58.0 Å². The number of aliphatic carboxylic acids is 1. The number of aryl methyl sites for hydroxylation is 1. The normalized spacial score (nSPS) is 11.7. The van der Waals surface area contributed by atoms with Crippen LogP contribution < -0.4 is 18.8 Å². The Kier molecular flexibility index (Phi) is 10.1. The highest BCUT2D eigenvalue weighted by atomic mass is 32.1. The summed E-state index contributed by atoms with van der Waals surface area (Å²) < 4.78 is 6.36. The molecule has 3 aromatic heterocycles. The van der Waals surface area contributed by atoms with Crippen molar-refractivity contribution in [3.63, 3.8) is 0 Å². The Morgan fingerprint density at radius 2 is 1.40 bits per heavy atom. The number of hydrogen-bond donors (Lipinski definition) is 1. The maximum absolute atomic E-state index is 11.7. The van der Waals surface area contributed by atoms with Crippen LogP contribution >= 0.6 is 34.0 Å². The number of benzene rings is 4. The summed E-state index contributed by atoms with van der Waals surface area (Å²) in [6, 6.07) is 44.4. The molecule has 0 saturated carbocycles. The van der Waals surface area contributed by atoms with E-state index in [1.165, 1.54) is 16.9 Å². The molecule has 0 spiro atoms. The summed E-state index contributed by atoms with van der Waals surface area (Å²) in [6.07, 6.45) is 2.00. The van der Waals surface area contributed by atoms with Crippen molar-refractivity contribution in [2.24, 2.45) is 0 Å². The molecule has 1 N–H and O–H groups in total. The van der Waals surface area contributed by atoms with Gasteiger partial charge in [0.2, 0.25) is 0 Å². The molecule has 52 heavy (non-hydrogen) atoms. The van der Waals surface area contributed by atoms with Crippen molar-refractivity contribution < 1.29 is 14.6 Å². The smallest absolute Gasteiger partial charge is 0.349 e. The standard InChI is InChI=1S/C43H29N3O3S3/c1-28-8-13-31(14-9-28)46(33-17-19-34(49-2)20-18-33)32-15-10-29(11-16-32)12-21-35-22-24-38(50-35)39-25-23-36(51-39)26-40-41(30-6-4-3-5-7-30)45-42(52-40)37(27-44)43(47)48/h3-11,13-20,22-26H,1-2H3,(H,47,48)/b40-26?,42-37-. The summed E-state index contributed by atoms with van der Waals surface area (Å²) in [5, 5.41) is 19.0. The number of carboxylic acid groups (broad SMARTS) is 1. The number of aromatic nitrogens is 1. The van der Waals surface area contributed by atoms with Crippen molar-refractivity contribution in [3.8, 4) is 44.7 Å². The summed E-state index contributed by atoms with van der Waals surface area (Å²) >= 11 is 4.47. The van der Waals surface area contributed by atoms with E-state index in [1.54, 1.807) is 35.9 Å². The second-order valence-electron chi connectivity index (χ2n) is 11.6. The van der Waals surface area contributed by atoms with Gasteiger partial charge in [0.05, 0.1) is 22.2 Å². The summed E-state index contributed by atoms with van der Waals surface area (Å²) in [5.41, 5.74) is 6.38. The third kappa shape index (κ3) is 7.58. The summed E-state index contributed by atoms with van der Waals surface area (Å²) in [5.74, 6) is 6.19. The molecule has 4 aromatic carbocycles. The van der Waals surface area contributed by atoms with Crippen LogP contribution in [0, 0.1) is 30.1 Å². The lowest BCUT2D eigenvalue weighted by Gasteiger charge is -2.25. The molecule has 0 bridgehead atoms. The molecule has 0 fully saturated rings. The van der Waals surface area contributed by atoms with Gasteiger partial charge in [-0.15, -0.1) is 34.0 Å². The van der Waals surface area contributed by atoms with E-state index in [-0.39, 0.29) is 10.2 Å². The Balaban J connectivity index is 1.13. The van der Waals surface area contributed by atoms with E-state index < -0.39 is 5.97 Å². The van der Waals surface area contributed by atoms with Crippen LogP contribution in [0.5, 0.6) is 5.75 Å². The molecule has 7 aromatic rings. The molecule has 7 rings (SSSR count). The highest BCUT2D eigenvalue weighted by Gasteiger charge is 2.15. The van der Waals surface area contributed by atoms with Crippen molar-refractivity contribution in [3.05, 3.63) is 157 Å². The largest absolute Gasteiger partial charge is 0.497 e. The third-order valence-corrected chi connectivity index (χ3v) is 11.3. The van der Waals surface area contributed by atoms with Crippen molar-refractivity contribution in [2.75, 3.05) is 12.0 Å². The second-order valence-corrected chi connectivity index (χ2v) is 14.8. The molecule has 0 amide bonds. The second kappa shape index (κ2) is 15.3. The van der Waals surface area contributed by atoms with Gasteiger partial charge < -0.3 is 14.7 Å². The number of nitrogens with zero attached hydrogens (tertiary/aromatic N) is 3. The zero-order chi connectivity index (χ0) is 36.0. The molecule has 0 aliphatic heterocycles. The van der Waals surface area contributed by atoms with Gasteiger partial charge in [-0.05, 0) is 97.9 Å². The van der Waals surface area contributed by atoms with E-state index >= 15 is 0 Å². The lowest BCUT2D eigenvalue weighted by molar-refractivity contribution is -0.130. The number of carboxylic acids is 1. The van der Waals surface area contributed by atoms with Crippen molar-refractivity contribution in [1.29, 1.82) is 5.26 Å². The Morgan fingerprint density at radius 1 is 0.769 bits per heavy atom. The lowest BCUT2D eigenvalue weighted by atomic mass is 10.1. The fourth-order valence-corrected chi connectivity index (χ4v) is 8.46. The quantitative estimate of drug-likeness (QED) is 0.157. The monoisotopic (exact) mass is 731 g/mol. The highest BCUT2D eigenvalue weighted by Crippen LogP contribution is 2.36. The Hall–Kier alpha value is -6.23. The highest BCUT2D eigenvalue weighted by molar-refractivity contribution is 7.22. The predicted molar refractivity (Wildman–Crippen MR) is 213 cm³/mol. The average Bonchev–Trinajstić information content (AvgIpc) is 3.94. The van der Waals surface area contributed by atoms with Gasteiger partial charge >= 0.3 is 5.97 Å². The van der Waals surface area contributed by atoms with Crippen LogP contribution in [-0.2, 0) is 4.79 Å². The minimum atomic E-state index is -1.29. The molecular weight excluding hydrogens is 703 g/mol. The molecule has 0 saturated heterocycles. The Labute approximate surface area is 313 Å². The fourth-order valence-electron chi connectivity index (χ4n) is 5.46.